The van der Waals surface area contributed by atoms with Crippen LogP contribution >= 0.6 is 11.3 Å². The molecule has 0 saturated carbocycles. The van der Waals surface area contributed by atoms with Gasteiger partial charge in [-0.25, -0.2) is 9.78 Å². The predicted molar refractivity (Wildman–Crippen MR) is 120 cm³/mol. The number of benzene rings is 3. The van der Waals surface area contributed by atoms with Crippen LogP contribution in [0.3, 0.4) is 0 Å². The van der Waals surface area contributed by atoms with Crippen LogP contribution in [0.2, 0.25) is 0 Å². The van der Waals surface area contributed by atoms with Crippen molar-refractivity contribution in [2.45, 2.75) is 0 Å². The van der Waals surface area contributed by atoms with Gasteiger partial charge in [-0.3, -0.25) is 10.1 Å². The highest BCUT2D eigenvalue weighted by Crippen LogP contribution is 2.29. The van der Waals surface area contributed by atoms with Crippen molar-refractivity contribution in [2.75, 3.05) is 23.1 Å². The number of ether oxygens (including phenoxy) is 1. The van der Waals surface area contributed by atoms with Crippen molar-refractivity contribution in [1.29, 1.82) is 0 Å². The molecular formula is C22H18N4O3S. The highest BCUT2D eigenvalue weighted by Gasteiger charge is 2.11. The van der Waals surface area contributed by atoms with Crippen molar-refractivity contribution >= 4 is 50.0 Å². The number of anilines is 3. The minimum Gasteiger partial charge on any atom is -0.495 e. The van der Waals surface area contributed by atoms with Crippen LogP contribution in [0.25, 0.3) is 10.2 Å². The van der Waals surface area contributed by atoms with Crippen LogP contribution in [0.4, 0.5) is 21.3 Å². The van der Waals surface area contributed by atoms with E-state index in [4.69, 9.17) is 4.74 Å². The summed E-state index contributed by atoms with van der Waals surface area (Å²) in [4.78, 5) is 29.1. The molecule has 0 aliphatic heterocycles. The summed E-state index contributed by atoms with van der Waals surface area (Å²) < 4.78 is 6.13. The number of rotatable bonds is 5. The molecule has 0 fully saturated rings. The lowest BCUT2D eigenvalue weighted by atomic mass is 10.2. The van der Waals surface area contributed by atoms with E-state index in [1.807, 2.05) is 24.3 Å². The lowest BCUT2D eigenvalue weighted by molar-refractivity contribution is 0.102. The number of nitrogens with one attached hydrogen (secondary N) is 3. The summed E-state index contributed by atoms with van der Waals surface area (Å²) in [6, 6.07) is 21.1. The summed E-state index contributed by atoms with van der Waals surface area (Å²) in [6.45, 7) is 0. The number of carbonyl (C=O) groups excluding carboxylic acids is 2. The van der Waals surface area contributed by atoms with E-state index in [2.05, 4.69) is 20.9 Å². The molecule has 3 aromatic carbocycles. The highest BCUT2D eigenvalue weighted by molar-refractivity contribution is 7.22. The number of hydrogen-bond acceptors (Lipinski definition) is 5. The van der Waals surface area contributed by atoms with Gasteiger partial charge in [0.1, 0.15) is 5.75 Å². The summed E-state index contributed by atoms with van der Waals surface area (Å²) in [7, 11) is 1.54. The second kappa shape index (κ2) is 8.62. The van der Waals surface area contributed by atoms with Crippen molar-refractivity contribution in [3.8, 4) is 5.75 Å². The van der Waals surface area contributed by atoms with Gasteiger partial charge in [0.15, 0.2) is 5.13 Å². The maximum atomic E-state index is 12.3. The highest BCUT2D eigenvalue weighted by atomic mass is 32.1. The molecule has 0 unspecified atom stereocenters. The second-order valence-corrected chi connectivity index (χ2v) is 7.33. The third kappa shape index (κ3) is 4.39. The quantitative estimate of drug-likeness (QED) is 0.415. The summed E-state index contributed by atoms with van der Waals surface area (Å²) in [5.74, 6) is 0.352. The van der Waals surface area contributed by atoms with Crippen LogP contribution in [-0.4, -0.2) is 24.0 Å². The van der Waals surface area contributed by atoms with Gasteiger partial charge in [-0.15, -0.1) is 0 Å². The standard InChI is InChI=1S/C22H18N4O3S/c1-29-18-10-6-5-9-16(18)24-21(28)23-15-11-12-19-17(13-15)25-22(30-19)26-20(27)14-7-3-2-4-8-14/h2-13H,1H3,(H2,23,24,28)(H,25,26,27). The number of aromatic nitrogens is 1. The third-order valence-electron chi connectivity index (χ3n) is 4.26. The van der Waals surface area contributed by atoms with Gasteiger partial charge in [0.2, 0.25) is 0 Å². The number of methoxy groups -OCH3 is 1. The normalized spacial score (nSPS) is 10.4. The van der Waals surface area contributed by atoms with Crippen molar-refractivity contribution in [3.63, 3.8) is 0 Å². The SMILES string of the molecule is COc1ccccc1NC(=O)Nc1ccc2sc(NC(=O)c3ccccc3)nc2c1. The fraction of sp³-hybridized carbons (Fsp3) is 0.0455. The maximum Gasteiger partial charge on any atom is 0.323 e. The molecule has 0 spiro atoms. The average molecular weight is 418 g/mol. The van der Waals surface area contributed by atoms with Crippen LogP contribution in [0, 0.1) is 0 Å². The Morgan fingerprint density at radius 3 is 2.47 bits per heavy atom. The van der Waals surface area contributed by atoms with E-state index in [1.54, 1.807) is 55.6 Å². The molecular weight excluding hydrogens is 400 g/mol. The van der Waals surface area contributed by atoms with E-state index in [-0.39, 0.29) is 5.91 Å². The topological polar surface area (TPSA) is 92.4 Å². The first-order valence-electron chi connectivity index (χ1n) is 9.10. The molecule has 8 heteroatoms. The van der Waals surface area contributed by atoms with E-state index in [0.717, 1.165) is 4.70 Å². The Morgan fingerprint density at radius 1 is 0.900 bits per heavy atom. The van der Waals surface area contributed by atoms with Crippen molar-refractivity contribution < 1.29 is 14.3 Å². The Kier molecular flexibility index (Phi) is 5.58. The van der Waals surface area contributed by atoms with E-state index >= 15 is 0 Å². The van der Waals surface area contributed by atoms with Crippen LogP contribution < -0.4 is 20.7 Å². The molecule has 4 rings (SSSR count). The summed E-state index contributed by atoms with van der Waals surface area (Å²) in [5, 5.41) is 8.84. The fourth-order valence-electron chi connectivity index (χ4n) is 2.85. The molecule has 3 N–H and O–H groups in total. The number of para-hydroxylation sites is 2. The molecule has 0 radical (unpaired) electrons. The van der Waals surface area contributed by atoms with Gasteiger partial charge in [-0.2, -0.15) is 0 Å². The smallest absolute Gasteiger partial charge is 0.323 e. The van der Waals surface area contributed by atoms with E-state index in [1.165, 1.54) is 11.3 Å². The largest absolute Gasteiger partial charge is 0.495 e. The molecule has 0 atom stereocenters. The second-order valence-electron chi connectivity index (χ2n) is 6.30. The van der Waals surface area contributed by atoms with Crippen molar-refractivity contribution in [1.82, 2.24) is 4.98 Å². The molecule has 1 heterocycles. The van der Waals surface area contributed by atoms with Gasteiger partial charge in [0.05, 0.1) is 23.0 Å². The molecule has 0 aliphatic carbocycles. The Bertz CT molecular complexity index is 1210. The molecule has 0 bridgehead atoms. The number of amides is 3. The molecule has 0 saturated heterocycles. The minimum atomic E-state index is -0.397. The van der Waals surface area contributed by atoms with Crippen LogP contribution in [0.1, 0.15) is 10.4 Å². The molecule has 4 aromatic rings. The van der Waals surface area contributed by atoms with Crippen molar-refractivity contribution in [3.05, 3.63) is 78.4 Å². The van der Waals surface area contributed by atoms with Crippen LogP contribution in [0.15, 0.2) is 72.8 Å². The van der Waals surface area contributed by atoms with E-state index in [9.17, 15) is 9.59 Å². The summed E-state index contributed by atoms with van der Waals surface area (Å²) >= 11 is 1.37. The number of fused-ring (bicyclic) bond motifs is 1. The Hall–Kier alpha value is -3.91. The molecule has 7 nitrogen and oxygen atoms in total. The molecule has 150 valence electrons. The predicted octanol–water partition coefficient (Wildman–Crippen LogP) is 5.20. The zero-order valence-corrected chi connectivity index (χ0v) is 16.8. The zero-order valence-electron chi connectivity index (χ0n) is 16.0. The van der Waals surface area contributed by atoms with E-state index < -0.39 is 6.03 Å². The number of urea groups is 1. The lowest BCUT2D eigenvalue weighted by Gasteiger charge is -2.10. The minimum absolute atomic E-state index is 0.218. The van der Waals surface area contributed by atoms with E-state index in [0.29, 0.717) is 33.3 Å². The maximum absolute atomic E-state index is 12.3. The monoisotopic (exact) mass is 418 g/mol. The van der Waals surface area contributed by atoms with Gasteiger partial charge in [0, 0.05) is 11.3 Å². The first kappa shape index (κ1) is 19.4. The number of thiazole rings is 1. The molecule has 1 aromatic heterocycles. The fourth-order valence-corrected chi connectivity index (χ4v) is 3.69. The Morgan fingerprint density at radius 2 is 1.67 bits per heavy atom. The zero-order chi connectivity index (χ0) is 20.9. The molecule has 3 amide bonds. The van der Waals surface area contributed by atoms with Crippen LogP contribution in [-0.2, 0) is 0 Å². The Balaban J connectivity index is 1.46. The molecule has 0 aliphatic rings. The van der Waals surface area contributed by atoms with Gasteiger partial charge < -0.3 is 15.4 Å². The molecule has 30 heavy (non-hydrogen) atoms. The Labute approximate surface area is 176 Å². The van der Waals surface area contributed by atoms with Crippen molar-refractivity contribution in [2.24, 2.45) is 0 Å². The third-order valence-corrected chi connectivity index (χ3v) is 5.21. The lowest BCUT2D eigenvalue weighted by Crippen LogP contribution is -2.19. The average Bonchev–Trinajstić information content (AvgIpc) is 3.16. The number of nitrogens with zero attached hydrogens (tertiary/aromatic N) is 1. The van der Waals surface area contributed by atoms with Gasteiger partial charge >= 0.3 is 6.03 Å². The van der Waals surface area contributed by atoms with Gasteiger partial charge in [0.25, 0.3) is 5.91 Å². The number of hydrogen-bond donors (Lipinski definition) is 3. The van der Waals surface area contributed by atoms with Gasteiger partial charge in [-0.1, -0.05) is 41.7 Å². The van der Waals surface area contributed by atoms with Crippen LogP contribution in [0.5, 0.6) is 5.75 Å². The summed E-state index contributed by atoms with van der Waals surface area (Å²) in [5.41, 5.74) is 2.39. The van der Waals surface area contributed by atoms with Gasteiger partial charge in [-0.05, 0) is 42.5 Å². The summed E-state index contributed by atoms with van der Waals surface area (Å²) in [6.07, 6.45) is 0. The first-order chi connectivity index (χ1) is 14.6. The first-order valence-corrected chi connectivity index (χ1v) is 9.92. The number of carbonyl (C=O) groups is 2.